The van der Waals surface area contributed by atoms with Crippen LogP contribution in [-0.2, 0) is 25.6 Å². The normalized spacial score (nSPS) is 13.4. The molecular weight excluding hydrogens is 378 g/mol. The predicted molar refractivity (Wildman–Crippen MR) is 108 cm³/mol. The summed E-state index contributed by atoms with van der Waals surface area (Å²) in [5.41, 5.74) is 2.28. The van der Waals surface area contributed by atoms with E-state index < -0.39 is 0 Å². The molecule has 136 valence electrons. The molecule has 0 bridgehead atoms. The Kier molecular flexibility index (Phi) is 4.13. The van der Waals surface area contributed by atoms with Crippen molar-refractivity contribution in [1.29, 1.82) is 0 Å². The molecule has 0 saturated heterocycles. The monoisotopic (exact) mass is 395 g/mol. The number of benzene rings is 1. The van der Waals surface area contributed by atoms with E-state index in [0.29, 0.717) is 16.8 Å². The summed E-state index contributed by atoms with van der Waals surface area (Å²) in [5.74, 6) is 1.91. The van der Waals surface area contributed by atoms with E-state index >= 15 is 0 Å². The Labute approximate surface area is 164 Å². The first-order chi connectivity index (χ1) is 13.2. The fourth-order valence-electron chi connectivity index (χ4n) is 3.47. The van der Waals surface area contributed by atoms with E-state index in [1.54, 1.807) is 29.1 Å². The van der Waals surface area contributed by atoms with Gasteiger partial charge < -0.3 is 4.42 Å². The van der Waals surface area contributed by atoms with E-state index in [4.69, 9.17) is 9.40 Å². The van der Waals surface area contributed by atoms with Crippen molar-refractivity contribution in [2.24, 2.45) is 7.05 Å². The third-order valence-electron chi connectivity index (χ3n) is 4.84. The van der Waals surface area contributed by atoms with Crippen molar-refractivity contribution in [3.63, 3.8) is 0 Å². The standard InChI is InChI=1S/C20H17N3O2S2/c1-23-19(24)17-13-8-5-9-15(13)27-18(17)22-20(23)26-11-16-21-10-14(25-16)12-6-3-2-4-7-12/h2-4,6-7,10H,5,8-9,11H2,1H3. The Bertz CT molecular complexity index is 1190. The van der Waals surface area contributed by atoms with Crippen molar-refractivity contribution in [2.75, 3.05) is 0 Å². The maximum atomic E-state index is 12.8. The smallest absolute Gasteiger partial charge is 0.262 e. The van der Waals surface area contributed by atoms with E-state index in [-0.39, 0.29) is 5.56 Å². The van der Waals surface area contributed by atoms with Crippen LogP contribution in [0.2, 0.25) is 0 Å². The number of thioether (sulfide) groups is 1. The predicted octanol–water partition coefficient (Wildman–Crippen LogP) is 4.43. The summed E-state index contributed by atoms with van der Waals surface area (Å²) >= 11 is 3.15. The molecule has 0 amide bonds. The van der Waals surface area contributed by atoms with Crippen LogP contribution in [-0.4, -0.2) is 14.5 Å². The molecular formula is C20H17N3O2S2. The van der Waals surface area contributed by atoms with Crippen molar-refractivity contribution < 1.29 is 4.42 Å². The first-order valence-corrected chi connectivity index (χ1v) is 10.6. The van der Waals surface area contributed by atoms with Gasteiger partial charge >= 0.3 is 0 Å². The third-order valence-corrected chi connectivity index (χ3v) is 7.04. The zero-order chi connectivity index (χ0) is 18.4. The highest BCUT2D eigenvalue weighted by Crippen LogP contribution is 2.35. The van der Waals surface area contributed by atoms with Crippen LogP contribution in [0.15, 0.2) is 50.9 Å². The maximum absolute atomic E-state index is 12.8. The summed E-state index contributed by atoms with van der Waals surface area (Å²) in [6.07, 6.45) is 4.95. The summed E-state index contributed by atoms with van der Waals surface area (Å²) in [6.45, 7) is 0. The summed E-state index contributed by atoms with van der Waals surface area (Å²) in [6, 6.07) is 9.90. The highest BCUT2D eigenvalue weighted by atomic mass is 32.2. The third kappa shape index (κ3) is 2.91. The van der Waals surface area contributed by atoms with Gasteiger partial charge in [0, 0.05) is 17.5 Å². The molecule has 0 atom stereocenters. The highest BCUT2D eigenvalue weighted by molar-refractivity contribution is 7.98. The molecule has 5 nitrogen and oxygen atoms in total. The lowest BCUT2D eigenvalue weighted by molar-refractivity contribution is 0.529. The van der Waals surface area contributed by atoms with Crippen molar-refractivity contribution in [2.45, 2.75) is 30.2 Å². The molecule has 0 aliphatic heterocycles. The van der Waals surface area contributed by atoms with Gasteiger partial charge in [-0.1, -0.05) is 42.1 Å². The molecule has 3 heterocycles. The van der Waals surface area contributed by atoms with Crippen LogP contribution in [0.4, 0.5) is 0 Å². The molecule has 7 heteroatoms. The lowest BCUT2D eigenvalue weighted by atomic mass is 10.2. The van der Waals surface area contributed by atoms with Crippen LogP contribution in [0.1, 0.15) is 22.8 Å². The van der Waals surface area contributed by atoms with Gasteiger partial charge in [-0.15, -0.1) is 11.3 Å². The SMILES string of the molecule is Cn1c(SCc2ncc(-c3ccccc3)o2)nc2sc3c(c2c1=O)CCC3. The second-order valence-electron chi connectivity index (χ2n) is 6.57. The Balaban J connectivity index is 1.42. The van der Waals surface area contributed by atoms with Crippen LogP contribution in [0.25, 0.3) is 21.5 Å². The van der Waals surface area contributed by atoms with Gasteiger partial charge in [0.1, 0.15) is 4.83 Å². The van der Waals surface area contributed by atoms with Gasteiger partial charge in [0.15, 0.2) is 10.9 Å². The largest absolute Gasteiger partial charge is 0.440 e. The van der Waals surface area contributed by atoms with Gasteiger partial charge in [0.2, 0.25) is 5.89 Å². The van der Waals surface area contributed by atoms with E-state index in [9.17, 15) is 4.79 Å². The minimum Gasteiger partial charge on any atom is -0.440 e. The molecule has 3 aromatic heterocycles. The van der Waals surface area contributed by atoms with Crippen molar-refractivity contribution in [3.05, 3.63) is 63.2 Å². The summed E-state index contributed by atoms with van der Waals surface area (Å²) in [5, 5.41) is 1.52. The second kappa shape index (κ2) is 6.65. The molecule has 0 radical (unpaired) electrons. The van der Waals surface area contributed by atoms with Gasteiger partial charge in [-0.2, -0.15) is 0 Å². The average molecular weight is 396 g/mol. The van der Waals surface area contributed by atoms with Gasteiger partial charge in [-0.05, 0) is 24.8 Å². The fourth-order valence-corrected chi connectivity index (χ4v) is 5.60. The number of hydrogen-bond donors (Lipinski definition) is 0. The number of aryl methyl sites for hydroxylation is 2. The number of thiophene rings is 1. The van der Waals surface area contributed by atoms with Crippen LogP contribution in [0, 0.1) is 0 Å². The molecule has 0 N–H and O–H groups in total. The fraction of sp³-hybridized carbons (Fsp3) is 0.250. The van der Waals surface area contributed by atoms with Crippen molar-refractivity contribution in [3.8, 4) is 11.3 Å². The molecule has 1 aliphatic carbocycles. The Hall–Kier alpha value is -2.38. The molecule has 0 saturated carbocycles. The van der Waals surface area contributed by atoms with E-state index in [1.165, 1.54) is 22.2 Å². The lowest BCUT2D eigenvalue weighted by Crippen LogP contribution is -2.20. The van der Waals surface area contributed by atoms with E-state index in [0.717, 1.165) is 40.8 Å². The number of fused-ring (bicyclic) bond motifs is 3. The van der Waals surface area contributed by atoms with Crippen LogP contribution in [0.5, 0.6) is 0 Å². The molecule has 0 unspecified atom stereocenters. The van der Waals surface area contributed by atoms with Crippen LogP contribution >= 0.6 is 23.1 Å². The Morgan fingerprint density at radius 1 is 1.26 bits per heavy atom. The molecule has 4 aromatic rings. The van der Waals surface area contributed by atoms with E-state index in [2.05, 4.69) is 4.98 Å². The molecule has 1 aromatic carbocycles. The van der Waals surface area contributed by atoms with Crippen LogP contribution < -0.4 is 5.56 Å². The second-order valence-corrected chi connectivity index (χ2v) is 8.60. The number of rotatable bonds is 4. The highest BCUT2D eigenvalue weighted by Gasteiger charge is 2.22. The zero-order valence-corrected chi connectivity index (χ0v) is 16.4. The molecule has 0 fully saturated rings. The average Bonchev–Trinajstić information content (AvgIpc) is 3.40. The topological polar surface area (TPSA) is 60.9 Å². The number of oxazole rings is 1. The van der Waals surface area contributed by atoms with Gasteiger partial charge in [-0.25, -0.2) is 9.97 Å². The summed E-state index contributed by atoms with van der Waals surface area (Å²) in [7, 11) is 1.79. The molecule has 1 aliphatic rings. The summed E-state index contributed by atoms with van der Waals surface area (Å²) < 4.78 is 7.51. The molecule has 0 spiro atoms. The number of aromatic nitrogens is 3. The molecule has 27 heavy (non-hydrogen) atoms. The first-order valence-electron chi connectivity index (χ1n) is 8.85. The summed E-state index contributed by atoms with van der Waals surface area (Å²) in [4.78, 5) is 24.2. The zero-order valence-electron chi connectivity index (χ0n) is 14.8. The lowest BCUT2D eigenvalue weighted by Gasteiger charge is -2.06. The first kappa shape index (κ1) is 16.8. The minimum atomic E-state index is 0.0549. The van der Waals surface area contributed by atoms with Gasteiger partial charge in [0.05, 0.1) is 17.3 Å². The van der Waals surface area contributed by atoms with E-state index in [1.807, 2.05) is 30.3 Å². The van der Waals surface area contributed by atoms with Crippen molar-refractivity contribution >= 4 is 33.3 Å². The minimum absolute atomic E-state index is 0.0549. The van der Waals surface area contributed by atoms with Crippen LogP contribution in [0.3, 0.4) is 0 Å². The Morgan fingerprint density at radius 2 is 2.11 bits per heavy atom. The Morgan fingerprint density at radius 3 is 2.96 bits per heavy atom. The number of nitrogens with zero attached hydrogens (tertiary/aromatic N) is 3. The maximum Gasteiger partial charge on any atom is 0.262 e. The van der Waals surface area contributed by atoms with Gasteiger partial charge in [-0.3, -0.25) is 9.36 Å². The van der Waals surface area contributed by atoms with Gasteiger partial charge in [0.25, 0.3) is 5.56 Å². The quantitative estimate of drug-likeness (QED) is 0.378. The van der Waals surface area contributed by atoms with Crippen molar-refractivity contribution in [1.82, 2.24) is 14.5 Å². The molecule has 5 rings (SSSR count). The number of hydrogen-bond acceptors (Lipinski definition) is 6.